The molecule has 2 N–H and O–H groups in total. The van der Waals surface area contributed by atoms with Crippen molar-refractivity contribution >= 4 is 5.91 Å². The van der Waals surface area contributed by atoms with Gasteiger partial charge in [-0.1, -0.05) is 0 Å². The van der Waals surface area contributed by atoms with Crippen LogP contribution in [0, 0.1) is 0 Å². The molecule has 0 radical (unpaired) electrons. The lowest BCUT2D eigenvalue weighted by molar-refractivity contribution is -0.121. The van der Waals surface area contributed by atoms with E-state index in [4.69, 9.17) is 4.74 Å². The smallest absolute Gasteiger partial charge is 0.220 e. The highest BCUT2D eigenvalue weighted by Gasteiger charge is 2.16. The monoisotopic (exact) mass is 186 g/mol. The van der Waals surface area contributed by atoms with Gasteiger partial charge < -0.3 is 15.4 Å². The highest BCUT2D eigenvalue weighted by Crippen LogP contribution is 2.03. The summed E-state index contributed by atoms with van der Waals surface area (Å²) in [7, 11) is 1.89. The minimum atomic E-state index is 0.144. The Morgan fingerprint density at radius 3 is 3.08 bits per heavy atom. The first-order valence-electron chi connectivity index (χ1n) is 4.84. The van der Waals surface area contributed by atoms with Crippen LogP contribution >= 0.6 is 0 Å². The molecule has 1 aliphatic heterocycles. The van der Waals surface area contributed by atoms with Crippen molar-refractivity contribution in [2.75, 3.05) is 26.8 Å². The molecule has 0 bridgehead atoms. The molecule has 0 aromatic carbocycles. The summed E-state index contributed by atoms with van der Waals surface area (Å²) in [6, 6.07) is 0.252. The molecular weight excluding hydrogens is 168 g/mol. The lowest BCUT2D eigenvalue weighted by Crippen LogP contribution is -2.35. The van der Waals surface area contributed by atoms with Gasteiger partial charge in [0.05, 0.1) is 12.6 Å². The Morgan fingerprint density at radius 1 is 1.62 bits per heavy atom. The maximum absolute atomic E-state index is 11.3. The van der Waals surface area contributed by atoms with Crippen LogP contribution < -0.4 is 10.6 Å². The van der Waals surface area contributed by atoms with Crippen molar-refractivity contribution < 1.29 is 9.53 Å². The zero-order valence-electron chi connectivity index (χ0n) is 8.14. The average Bonchev–Trinajstić information content (AvgIpc) is 2.57. The summed E-state index contributed by atoms with van der Waals surface area (Å²) in [4.78, 5) is 11.3. The molecule has 1 atom stereocenters. The number of hydrogen-bond donors (Lipinski definition) is 2. The van der Waals surface area contributed by atoms with Crippen molar-refractivity contribution in [2.24, 2.45) is 0 Å². The van der Waals surface area contributed by atoms with Crippen LogP contribution in [0.5, 0.6) is 0 Å². The Balaban J connectivity index is 2.02. The van der Waals surface area contributed by atoms with Gasteiger partial charge in [-0.05, 0) is 26.4 Å². The summed E-state index contributed by atoms with van der Waals surface area (Å²) < 4.78 is 5.16. The van der Waals surface area contributed by atoms with Gasteiger partial charge in [-0.3, -0.25) is 4.79 Å². The van der Waals surface area contributed by atoms with Crippen molar-refractivity contribution in [2.45, 2.75) is 25.3 Å². The van der Waals surface area contributed by atoms with Crippen molar-refractivity contribution in [1.29, 1.82) is 0 Å². The van der Waals surface area contributed by atoms with Gasteiger partial charge in [-0.2, -0.15) is 0 Å². The fourth-order valence-corrected chi connectivity index (χ4v) is 1.37. The second-order valence-electron chi connectivity index (χ2n) is 3.34. The molecule has 1 amide bonds. The molecule has 0 aliphatic carbocycles. The van der Waals surface area contributed by atoms with Gasteiger partial charge >= 0.3 is 0 Å². The molecule has 76 valence electrons. The molecule has 1 saturated heterocycles. The first-order chi connectivity index (χ1) is 6.33. The van der Waals surface area contributed by atoms with E-state index in [2.05, 4.69) is 10.6 Å². The molecule has 0 aromatic heterocycles. The quantitative estimate of drug-likeness (QED) is 0.589. The molecule has 1 rings (SSSR count). The lowest BCUT2D eigenvalue weighted by atomic mass is 10.2. The number of ether oxygens (including phenoxy) is 1. The fraction of sp³-hybridized carbons (Fsp3) is 0.889. The molecule has 0 aromatic rings. The second-order valence-corrected chi connectivity index (χ2v) is 3.34. The van der Waals surface area contributed by atoms with Gasteiger partial charge in [0, 0.05) is 13.0 Å². The van der Waals surface area contributed by atoms with Gasteiger partial charge in [0.25, 0.3) is 0 Å². The molecule has 4 nitrogen and oxygen atoms in total. The van der Waals surface area contributed by atoms with Crippen molar-refractivity contribution in [3.63, 3.8) is 0 Å². The van der Waals surface area contributed by atoms with Gasteiger partial charge in [-0.25, -0.2) is 0 Å². The fourth-order valence-electron chi connectivity index (χ4n) is 1.37. The van der Waals surface area contributed by atoms with Crippen LogP contribution in [0.25, 0.3) is 0 Å². The topological polar surface area (TPSA) is 50.4 Å². The minimum Gasteiger partial charge on any atom is -0.379 e. The highest BCUT2D eigenvalue weighted by atomic mass is 16.5. The molecule has 1 aliphatic rings. The van der Waals surface area contributed by atoms with Gasteiger partial charge in [0.1, 0.15) is 0 Å². The Labute approximate surface area is 79.0 Å². The Bertz CT molecular complexity index is 156. The summed E-state index contributed by atoms with van der Waals surface area (Å²) in [5.41, 5.74) is 0. The number of hydrogen-bond acceptors (Lipinski definition) is 3. The average molecular weight is 186 g/mol. The summed E-state index contributed by atoms with van der Waals surface area (Å²) in [5, 5.41) is 5.96. The normalized spacial score (nSPS) is 21.8. The van der Waals surface area contributed by atoms with Crippen molar-refractivity contribution in [3.05, 3.63) is 0 Å². The van der Waals surface area contributed by atoms with Crippen molar-refractivity contribution in [1.82, 2.24) is 10.6 Å². The number of carbonyl (C=O) groups excluding carboxylic acids is 1. The van der Waals surface area contributed by atoms with E-state index in [1.807, 2.05) is 7.05 Å². The van der Waals surface area contributed by atoms with E-state index in [1.165, 1.54) is 0 Å². The predicted molar refractivity (Wildman–Crippen MR) is 50.5 cm³/mol. The Morgan fingerprint density at radius 2 is 2.46 bits per heavy atom. The van der Waals surface area contributed by atoms with Crippen LogP contribution in [0.2, 0.25) is 0 Å². The van der Waals surface area contributed by atoms with E-state index in [1.54, 1.807) is 0 Å². The number of carbonyl (C=O) groups is 1. The standard InChI is InChI=1S/C9H18N2O2/c1-10-5-2-3-9(12)11-8-4-6-13-7-8/h8,10H,2-7H2,1H3,(H,11,12). The Hall–Kier alpha value is -0.610. The van der Waals surface area contributed by atoms with Gasteiger partial charge in [0.15, 0.2) is 0 Å². The SMILES string of the molecule is CNCCCC(=O)NC1CCOC1. The second kappa shape index (κ2) is 5.94. The molecule has 13 heavy (non-hydrogen) atoms. The van der Waals surface area contributed by atoms with E-state index in [9.17, 15) is 4.79 Å². The van der Waals surface area contributed by atoms with E-state index in [0.29, 0.717) is 13.0 Å². The zero-order valence-corrected chi connectivity index (χ0v) is 8.14. The Kier molecular flexibility index (Phi) is 4.78. The molecule has 1 fully saturated rings. The first-order valence-corrected chi connectivity index (χ1v) is 4.84. The van der Waals surface area contributed by atoms with Crippen LogP contribution in [0.4, 0.5) is 0 Å². The maximum Gasteiger partial charge on any atom is 0.220 e. The van der Waals surface area contributed by atoms with Crippen LogP contribution in [0.1, 0.15) is 19.3 Å². The molecule has 0 spiro atoms. The third-order valence-corrected chi connectivity index (χ3v) is 2.13. The summed E-state index contributed by atoms with van der Waals surface area (Å²) >= 11 is 0. The molecule has 1 unspecified atom stereocenters. The van der Waals surface area contributed by atoms with Crippen LogP contribution in [0.15, 0.2) is 0 Å². The summed E-state index contributed by atoms with van der Waals surface area (Å²) in [6.07, 6.45) is 2.46. The van der Waals surface area contributed by atoms with Crippen molar-refractivity contribution in [3.8, 4) is 0 Å². The molecule has 4 heteroatoms. The molecular formula is C9H18N2O2. The van der Waals surface area contributed by atoms with E-state index in [0.717, 1.165) is 26.0 Å². The maximum atomic E-state index is 11.3. The summed E-state index contributed by atoms with van der Waals surface area (Å²) in [5.74, 6) is 0.144. The van der Waals surface area contributed by atoms with Crippen LogP contribution in [-0.4, -0.2) is 38.8 Å². The predicted octanol–water partition coefficient (Wildman–Crippen LogP) is -0.109. The van der Waals surface area contributed by atoms with Crippen LogP contribution in [-0.2, 0) is 9.53 Å². The minimum absolute atomic E-state index is 0.144. The van der Waals surface area contributed by atoms with Gasteiger partial charge in [-0.15, -0.1) is 0 Å². The molecule has 1 heterocycles. The lowest BCUT2D eigenvalue weighted by Gasteiger charge is -2.09. The number of nitrogens with one attached hydrogen (secondary N) is 2. The van der Waals surface area contributed by atoms with Crippen LogP contribution in [0.3, 0.4) is 0 Å². The number of rotatable bonds is 5. The van der Waals surface area contributed by atoms with Gasteiger partial charge in [0.2, 0.25) is 5.91 Å². The first kappa shape index (κ1) is 10.5. The largest absolute Gasteiger partial charge is 0.379 e. The summed E-state index contributed by atoms with van der Waals surface area (Å²) in [6.45, 7) is 2.35. The van der Waals surface area contributed by atoms with E-state index >= 15 is 0 Å². The number of amides is 1. The van der Waals surface area contributed by atoms with E-state index < -0.39 is 0 Å². The third kappa shape index (κ3) is 4.24. The highest BCUT2D eigenvalue weighted by molar-refractivity contribution is 5.76. The zero-order chi connectivity index (χ0) is 9.52. The third-order valence-electron chi connectivity index (χ3n) is 2.13. The van der Waals surface area contributed by atoms with E-state index in [-0.39, 0.29) is 11.9 Å². The molecule has 0 saturated carbocycles.